The molecule has 1 aliphatic rings. The minimum absolute atomic E-state index is 0. The Morgan fingerprint density at radius 1 is 0.882 bits per heavy atom. The van der Waals surface area contributed by atoms with Gasteiger partial charge in [-0.1, -0.05) is 19.3 Å². The molecule has 0 spiro atoms. The van der Waals surface area contributed by atoms with Crippen molar-refractivity contribution in [2.75, 3.05) is 0 Å². The van der Waals surface area contributed by atoms with Crippen molar-refractivity contribution in [1.82, 2.24) is 0 Å². The van der Waals surface area contributed by atoms with E-state index in [9.17, 15) is 0 Å². The van der Waals surface area contributed by atoms with Gasteiger partial charge in [0.15, 0.2) is 0 Å². The standard InChI is InChI=1S/C11H13.C5H5.Fe/c1-2-6-10(7-3-1)11-8-4-5-9-11;1-2-4-5-3-1;/h4-6,8-9H,1-3,7H2;1-5H;/q-1;-5;. The summed E-state index contributed by atoms with van der Waals surface area (Å²) in [5.41, 5.74) is 2.99. The van der Waals surface area contributed by atoms with Gasteiger partial charge in [-0.3, -0.25) is 0 Å². The molecule has 0 atom stereocenters. The predicted molar refractivity (Wildman–Crippen MR) is 70.5 cm³/mol. The zero-order chi connectivity index (χ0) is 11.1. The second-order valence-electron chi connectivity index (χ2n) is 4.11. The van der Waals surface area contributed by atoms with E-state index in [-0.39, 0.29) is 17.1 Å². The minimum atomic E-state index is 0. The van der Waals surface area contributed by atoms with Gasteiger partial charge in [0.2, 0.25) is 0 Å². The van der Waals surface area contributed by atoms with E-state index in [4.69, 9.17) is 0 Å². The Labute approximate surface area is 115 Å². The fourth-order valence-corrected chi connectivity index (χ4v) is 2.01. The van der Waals surface area contributed by atoms with Gasteiger partial charge in [0.25, 0.3) is 0 Å². The Kier molecular flexibility index (Phi) is 6.69. The number of hydrogen-bond donors (Lipinski definition) is 0. The predicted octanol–water partition coefficient (Wildman–Crippen LogP) is 4.77. The molecule has 0 amide bonds. The third-order valence-corrected chi connectivity index (χ3v) is 2.88. The molecule has 17 heavy (non-hydrogen) atoms. The van der Waals surface area contributed by atoms with Crippen LogP contribution in [-0.2, 0) is 17.1 Å². The SMILES string of the molecule is C1=C([c-]2cccc2)CCCC1.[Fe].[cH-]1[cH-][cH-][cH-][cH-]1. The average molecular weight is 266 g/mol. The zero-order valence-electron chi connectivity index (χ0n) is 9.96. The molecule has 0 nitrogen and oxygen atoms in total. The molecule has 0 aliphatic heterocycles. The molecule has 0 aromatic heterocycles. The first kappa shape index (κ1) is 14.0. The zero-order valence-corrected chi connectivity index (χ0v) is 11.1. The summed E-state index contributed by atoms with van der Waals surface area (Å²) in [6.45, 7) is 0. The van der Waals surface area contributed by atoms with Crippen LogP contribution < -0.4 is 0 Å². The van der Waals surface area contributed by atoms with Crippen LogP contribution in [0.25, 0.3) is 5.57 Å². The molecular formula is C16H18Fe-6. The van der Waals surface area contributed by atoms with Crippen LogP contribution in [-0.4, -0.2) is 0 Å². The Morgan fingerprint density at radius 3 is 1.94 bits per heavy atom. The maximum absolute atomic E-state index is 2.39. The summed E-state index contributed by atoms with van der Waals surface area (Å²) in [5, 5.41) is 0. The van der Waals surface area contributed by atoms with Gasteiger partial charge < -0.3 is 30.3 Å². The van der Waals surface area contributed by atoms with Crippen LogP contribution in [0.3, 0.4) is 0 Å². The normalized spacial score (nSPS) is 14.0. The molecule has 0 fully saturated rings. The second kappa shape index (κ2) is 8.11. The molecule has 0 N–H and O–H groups in total. The Morgan fingerprint density at radius 2 is 1.47 bits per heavy atom. The summed E-state index contributed by atoms with van der Waals surface area (Å²) in [5.74, 6) is 0. The topological polar surface area (TPSA) is 0 Å². The van der Waals surface area contributed by atoms with Crippen LogP contribution in [0, 0.1) is 0 Å². The van der Waals surface area contributed by atoms with Crippen molar-refractivity contribution in [1.29, 1.82) is 0 Å². The molecule has 1 heteroatoms. The Hall–Kier alpha value is -1.04. The Bertz CT molecular complexity index is 375. The molecule has 0 unspecified atom stereocenters. The summed E-state index contributed by atoms with van der Waals surface area (Å²) in [6, 6.07) is 18.6. The van der Waals surface area contributed by atoms with Crippen LogP contribution in [0.4, 0.5) is 0 Å². The molecule has 1 aliphatic carbocycles. The summed E-state index contributed by atoms with van der Waals surface area (Å²) >= 11 is 0. The van der Waals surface area contributed by atoms with E-state index in [0.29, 0.717) is 0 Å². The molecule has 2 aromatic carbocycles. The van der Waals surface area contributed by atoms with E-state index in [1.165, 1.54) is 31.2 Å². The van der Waals surface area contributed by atoms with Crippen molar-refractivity contribution in [2.24, 2.45) is 0 Å². The third kappa shape index (κ3) is 4.77. The van der Waals surface area contributed by atoms with Gasteiger partial charge in [-0.05, 0) is 6.42 Å². The third-order valence-electron chi connectivity index (χ3n) is 2.88. The van der Waals surface area contributed by atoms with Gasteiger partial charge >= 0.3 is 0 Å². The van der Waals surface area contributed by atoms with E-state index in [2.05, 4.69) is 30.3 Å². The fourth-order valence-electron chi connectivity index (χ4n) is 2.01. The fraction of sp³-hybridized carbons (Fsp3) is 0.250. The van der Waals surface area contributed by atoms with Crippen molar-refractivity contribution in [3.8, 4) is 0 Å². The van der Waals surface area contributed by atoms with Crippen LogP contribution in [0.1, 0.15) is 31.2 Å². The van der Waals surface area contributed by atoms with E-state index < -0.39 is 0 Å². The molecule has 0 saturated carbocycles. The van der Waals surface area contributed by atoms with Crippen LogP contribution in [0.15, 0.2) is 60.7 Å². The molecular weight excluding hydrogens is 248 g/mol. The molecule has 0 bridgehead atoms. The summed E-state index contributed by atoms with van der Waals surface area (Å²) < 4.78 is 0. The summed E-state index contributed by atoms with van der Waals surface area (Å²) in [7, 11) is 0. The van der Waals surface area contributed by atoms with E-state index in [1.807, 2.05) is 30.3 Å². The average Bonchev–Trinajstić information content (AvgIpc) is 3.07. The first-order valence-electron chi connectivity index (χ1n) is 6.04. The molecule has 0 heterocycles. The van der Waals surface area contributed by atoms with Crippen molar-refractivity contribution in [3.63, 3.8) is 0 Å². The van der Waals surface area contributed by atoms with Crippen molar-refractivity contribution in [3.05, 3.63) is 66.2 Å². The maximum atomic E-state index is 2.39. The van der Waals surface area contributed by atoms with Crippen LogP contribution >= 0.6 is 0 Å². The monoisotopic (exact) mass is 266 g/mol. The van der Waals surface area contributed by atoms with E-state index >= 15 is 0 Å². The molecule has 3 rings (SSSR count). The first-order valence-corrected chi connectivity index (χ1v) is 6.04. The van der Waals surface area contributed by atoms with Crippen LogP contribution in [0.5, 0.6) is 0 Å². The first-order chi connectivity index (χ1) is 7.97. The van der Waals surface area contributed by atoms with Gasteiger partial charge in [0.05, 0.1) is 0 Å². The maximum Gasteiger partial charge on any atom is 0 e. The number of rotatable bonds is 1. The molecule has 0 radical (unpaired) electrons. The van der Waals surface area contributed by atoms with Crippen molar-refractivity contribution in [2.45, 2.75) is 25.7 Å². The quantitative estimate of drug-likeness (QED) is 0.515. The van der Waals surface area contributed by atoms with E-state index in [1.54, 1.807) is 5.57 Å². The van der Waals surface area contributed by atoms with Crippen molar-refractivity contribution >= 4 is 5.57 Å². The molecule has 2 aromatic rings. The number of hydrogen-bond acceptors (Lipinski definition) is 0. The summed E-state index contributed by atoms with van der Waals surface area (Å²) in [6.07, 6.45) is 7.70. The van der Waals surface area contributed by atoms with Gasteiger partial charge in [-0.25, -0.2) is 0 Å². The molecule has 96 valence electrons. The van der Waals surface area contributed by atoms with Gasteiger partial charge in [-0.15, -0.1) is 23.3 Å². The Balaban J connectivity index is 0.000000205. The second-order valence-corrected chi connectivity index (χ2v) is 4.11. The largest absolute Gasteiger partial charge is 0.748 e. The van der Waals surface area contributed by atoms with Crippen molar-refractivity contribution < 1.29 is 17.1 Å². The van der Waals surface area contributed by atoms with Gasteiger partial charge in [0, 0.05) is 17.1 Å². The summed E-state index contributed by atoms with van der Waals surface area (Å²) in [4.78, 5) is 0. The van der Waals surface area contributed by atoms with Gasteiger partial charge in [-0.2, -0.15) is 18.2 Å². The van der Waals surface area contributed by atoms with E-state index in [0.717, 1.165) is 0 Å². The van der Waals surface area contributed by atoms with Crippen LogP contribution in [0.2, 0.25) is 0 Å². The molecule has 0 saturated heterocycles. The number of allylic oxidation sites excluding steroid dienone is 2. The minimum Gasteiger partial charge on any atom is -0.748 e. The van der Waals surface area contributed by atoms with Gasteiger partial charge in [0.1, 0.15) is 0 Å². The smallest absolute Gasteiger partial charge is 0 e.